The summed E-state index contributed by atoms with van der Waals surface area (Å²) in [6, 6.07) is 12.6. The van der Waals surface area contributed by atoms with Gasteiger partial charge in [-0.2, -0.15) is 0 Å². The van der Waals surface area contributed by atoms with E-state index in [2.05, 4.69) is 0 Å². The van der Waals surface area contributed by atoms with Crippen LogP contribution in [0.5, 0.6) is 0 Å². The third-order valence-corrected chi connectivity index (χ3v) is 3.57. The molecule has 0 aliphatic rings. The van der Waals surface area contributed by atoms with E-state index in [1.165, 1.54) is 11.0 Å². The van der Waals surface area contributed by atoms with Gasteiger partial charge in [0.2, 0.25) is 11.8 Å². The van der Waals surface area contributed by atoms with Crippen molar-refractivity contribution in [3.8, 4) is 0 Å². The molecule has 0 unspecified atom stereocenters. The molecule has 24 heavy (non-hydrogen) atoms. The molecule has 2 rings (SSSR count). The standard InChI is InChI=1S/C18H18F2N2O2/c1-13(23)22(18-15(19)9-6-10-16(18)20)12-17(24)21(2)11-14-7-4-3-5-8-14/h3-10H,11-12H2,1-2H3. The number of benzene rings is 2. The van der Waals surface area contributed by atoms with Crippen LogP contribution < -0.4 is 4.90 Å². The molecule has 2 aromatic rings. The van der Waals surface area contributed by atoms with Crippen LogP contribution in [0.3, 0.4) is 0 Å². The van der Waals surface area contributed by atoms with Gasteiger partial charge in [0.05, 0.1) is 0 Å². The molecule has 0 radical (unpaired) electrons. The van der Waals surface area contributed by atoms with Gasteiger partial charge in [-0.3, -0.25) is 14.5 Å². The van der Waals surface area contributed by atoms with Crippen molar-refractivity contribution in [3.05, 3.63) is 65.7 Å². The quantitative estimate of drug-likeness (QED) is 0.845. The zero-order chi connectivity index (χ0) is 17.7. The Morgan fingerprint density at radius 1 is 0.958 bits per heavy atom. The normalized spacial score (nSPS) is 10.3. The lowest BCUT2D eigenvalue weighted by Gasteiger charge is -2.25. The van der Waals surface area contributed by atoms with E-state index < -0.39 is 35.7 Å². The van der Waals surface area contributed by atoms with Crippen molar-refractivity contribution in [1.29, 1.82) is 0 Å². The summed E-state index contributed by atoms with van der Waals surface area (Å²) >= 11 is 0. The monoisotopic (exact) mass is 332 g/mol. The fraction of sp³-hybridized carbons (Fsp3) is 0.222. The minimum atomic E-state index is -0.885. The molecule has 0 aromatic heterocycles. The molecule has 0 saturated heterocycles. The predicted octanol–water partition coefficient (Wildman–Crippen LogP) is 2.98. The zero-order valence-corrected chi connectivity index (χ0v) is 13.5. The molecule has 0 heterocycles. The van der Waals surface area contributed by atoms with Crippen LogP contribution in [-0.4, -0.2) is 30.3 Å². The lowest BCUT2D eigenvalue weighted by Crippen LogP contribution is -2.41. The van der Waals surface area contributed by atoms with E-state index in [-0.39, 0.29) is 0 Å². The number of carbonyl (C=O) groups is 2. The highest BCUT2D eigenvalue weighted by Gasteiger charge is 2.24. The van der Waals surface area contributed by atoms with Crippen molar-refractivity contribution < 1.29 is 18.4 Å². The molecule has 0 atom stereocenters. The van der Waals surface area contributed by atoms with Crippen molar-refractivity contribution in [2.75, 3.05) is 18.5 Å². The van der Waals surface area contributed by atoms with E-state index in [1.54, 1.807) is 7.05 Å². The van der Waals surface area contributed by atoms with Crippen LogP contribution in [0.15, 0.2) is 48.5 Å². The number of rotatable bonds is 5. The Labute approximate surface area is 139 Å². The van der Waals surface area contributed by atoms with E-state index in [0.717, 1.165) is 29.5 Å². The van der Waals surface area contributed by atoms with Crippen LogP contribution in [0.25, 0.3) is 0 Å². The van der Waals surface area contributed by atoms with Gasteiger partial charge in [0, 0.05) is 20.5 Å². The zero-order valence-electron chi connectivity index (χ0n) is 13.5. The number of anilines is 1. The molecule has 0 aliphatic heterocycles. The topological polar surface area (TPSA) is 40.6 Å². The molecule has 4 nitrogen and oxygen atoms in total. The number of hydrogen-bond acceptors (Lipinski definition) is 2. The highest BCUT2D eigenvalue weighted by Crippen LogP contribution is 2.23. The number of halogens is 2. The van der Waals surface area contributed by atoms with Crippen molar-refractivity contribution in [2.45, 2.75) is 13.5 Å². The first kappa shape index (κ1) is 17.6. The average molecular weight is 332 g/mol. The van der Waals surface area contributed by atoms with Crippen LogP contribution >= 0.6 is 0 Å². The van der Waals surface area contributed by atoms with E-state index in [1.807, 2.05) is 30.3 Å². The van der Waals surface area contributed by atoms with E-state index >= 15 is 0 Å². The van der Waals surface area contributed by atoms with Crippen LogP contribution in [-0.2, 0) is 16.1 Å². The summed E-state index contributed by atoms with van der Waals surface area (Å²) in [5.41, 5.74) is 0.409. The Hall–Kier alpha value is -2.76. The maximum absolute atomic E-state index is 13.9. The number of nitrogens with zero attached hydrogens (tertiary/aromatic N) is 2. The van der Waals surface area contributed by atoms with Gasteiger partial charge in [0.15, 0.2) is 0 Å². The largest absolute Gasteiger partial charge is 0.340 e. The lowest BCUT2D eigenvalue weighted by molar-refractivity contribution is -0.130. The molecule has 0 fully saturated rings. The van der Waals surface area contributed by atoms with Crippen molar-refractivity contribution in [3.63, 3.8) is 0 Å². The van der Waals surface area contributed by atoms with E-state index in [4.69, 9.17) is 0 Å². The second-order valence-electron chi connectivity index (χ2n) is 5.41. The Morgan fingerprint density at radius 3 is 2.08 bits per heavy atom. The van der Waals surface area contributed by atoms with Crippen molar-refractivity contribution >= 4 is 17.5 Å². The average Bonchev–Trinajstić information content (AvgIpc) is 2.54. The number of hydrogen-bond donors (Lipinski definition) is 0. The number of amides is 2. The Bertz CT molecular complexity index is 715. The van der Waals surface area contributed by atoms with Gasteiger partial charge in [-0.15, -0.1) is 0 Å². The van der Waals surface area contributed by atoms with Crippen molar-refractivity contribution in [2.24, 2.45) is 0 Å². The van der Waals surface area contributed by atoms with Crippen LogP contribution in [0.2, 0.25) is 0 Å². The summed E-state index contributed by atoms with van der Waals surface area (Å²) in [6.45, 7) is 1.07. The SMILES string of the molecule is CC(=O)N(CC(=O)N(C)Cc1ccccc1)c1c(F)cccc1F. The highest BCUT2D eigenvalue weighted by atomic mass is 19.1. The van der Waals surface area contributed by atoms with E-state index in [0.29, 0.717) is 6.54 Å². The number of carbonyl (C=O) groups excluding carboxylic acids is 2. The number of likely N-dealkylation sites (N-methyl/N-ethyl adjacent to an activating group) is 1. The summed E-state index contributed by atoms with van der Waals surface area (Å²) in [5.74, 6) is -2.80. The molecular weight excluding hydrogens is 314 g/mol. The van der Waals surface area contributed by atoms with Gasteiger partial charge in [-0.05, 0) is 17.7 Å². The minimum absolute atomic E-state index is 0.338. The third kappa shape index (κ3) is 4.16. The summed E-state index contributed by atoms with van der Waals surface area (Å²) in [7, 11) is 1.57. The van der Waals surface area contributed by atoms with Crippen LogP contribution in [0.4, 0.5) is 14.5 Å². The van der Waals surface area contributed by atoms with Crippen LogP contribution in [0.1, 0.15) is 12.5 Å². The summed E-state index contributed by atoms with van der Waals surface area (Å²) in [6.07, 6.45) is 0. The molecule has 126 valence electrons. The second-order valence-corrected chi connectivity index (χ2v) is 5.41. The van der Waals surface area contributed by atoms with Gasteiger partial charge in [0.25, 0.3) is 0 Å². The van der Waals surface area contributed by atoms with Gasteiger partial charge < -0.3 is 4.90 Å². The Morgan fingerprint density at radius 2 is 1.54 bits per heavy atom. The molecule has 0 aliphatic carbocycles. The van der Waals surface area contributed by atoms with Gasteiger partial charge in [-0.1, -0.05) is 36.4 Å². The first-order valence-electron chi connectivity index (χ1n) is 7.40. The molecule has 2 aromatic carbocycles. The fourth-order valence-electron chi connectivity index (χ4n) is 2.30. The smallest absolute Gasteiger partial charge is 0.242 e. The number of para-hydroxylation sites is 1. The fourth-order valence-corrected chi connectivity index (χ4v) is 2.30. The molecular formula is C18H18F2N2O2. The maximum atomic E-state index is 13.9. The summed E-state index contributed by atoms with van der Waals surface area (Å²) < 4.78 is 27.8. The molecule has 2 amide bonds. The molecule has 0 N–H and O–H groups in total. The summed E-state index contributed by atoms with van der Waals surface area (Å²) in [5, 5.41) is 0. The van der Waals surface area contributed by atoms with Gasteiger partial charge in [0.1, 0.15) is 23.9 Å². The molecule has 0 saturated carbocycles. The van der Waals surface area contributed by atoms with Crippen LogP contribution in [0, 0.1) is 11.6 Å². The summed E-state index contributed by atoms with van der Waals surface area (Å²) in [4.78, 5) is 26.4. The van der Waals surface area contributed by atoms with Gasteiger partial charge in [-0.25, -0.2) is 8.78 Å². The first-order valence-corrected chi connectivity index (χ1v) is 7.40. The lowest BCUT2D eigenvalue weighted by atomic mass is 10.2. The molecule has 0 spiro atoms. The van der Waals surface area contributed by atoms with Gasteiger partial charge >= 0.3 is 0 Å². The highest BCUT2D eigenvalue weighted by molar-refractivity contribution is 5.97. The Balaban J connectivity index is 2.16. The minimum Gasteiger partial charge on any atom is -0.340 e. The van der Waals surface area contributed by atoms with E-state index in [9.17, 15) is 18.4 Å². The Kier molecular flexibility index (Phi) is 5.63. The third-order valence-electron chi connectivity index (χ3n) is 3.57. The second kappa shape index (κ2) is 7.68. The maximum Gasteiger partial charge on any atom is 0.242 e. The first-order chi connectivity index (χ1) is 11.4. The van der Waals surface area contributed by atoms with Crippen molar-refractivity contribution in [1.82, 2.24) is 4.90 Å². The molecule has 0 bridgehead atoms. The molecule has 6 heteroatoms. The predicted molar refractivity (Wildman–Crippen MR) is 87.3 cm³/mol.